The molecule has 1 N–H and O–H groups in total. The molecule has 2 aliphatic rings. The van der Waals surface area contributed by atoms with Gasteiger partial charge in [-0.1, -0.05) is 188 Å². The smallest absolute Gasteiger partial charge is 0.187 e. The van der Waals surface area contributed by atoms with Crippen molar-refractivity contribution in [3.8, 4) is 0 Å². The molecule has 350 valence electrons. The van der Waals surface area contributed by atoms with Crippen LogP contribution in [0, 0.1) is 0 Å². The normalized spacial score (nSPS) is 25.1. The molecule has 0 radical (unpaired) electrons. The van der Waals surface area contributed by atoms with E-state index in [9.17, 15) is 5.11 Å². The highest BCUT2D eigenvalue weighted by molar-refractivity contribution is 5.18. The van der Waals surface area contributed by atoms with Gasteiger partial charge in [0.05, 0.1) is 59.0 Å². The SMILES string of the molecule is C=CC[C@@H]1O[C@H](COCc2ccccc2)[C@@H](O[C@@H]2O[C@H](COCc3ccccc3)[C@H](O)[C@H](OCc3ccccc3)[C@H]2OCc2ccccc2)[C@H](OCc2ccccc2)[C@H]1OCc1ccccc1. The van der Waals surface area contributed by atoms with Crippen molar-refractivity contribution in [2.75, 3.05) is 13.2 Å². The molecule has 0 amide bonds. The Morgan fingerprint density at radius 2 is 0.746 bits per heavy atom. The van der Waals surface area contributed by atoms with Gasteiger partial charge in [0.15, 0.2) is 6.29 Å². The van der Waals surface area contributed by atoms with Crippen LogP contribution in [0.2, 0.25) is 0 Å². The highest BCUT2D eigenvalue weighted by atomic mass is 16.7. The summed E-state index contributed by atoms with van der Waals surface area (Å²) in [6, 6.07) is 59.7. The maximum atomic E-state index is 12.3. The molecule has 10 heteroatoms. The second kappa shape index (κ2) is 25.7. The summed E-state index contributed by atoms with van der Waals surface area (Å²) >= 11 is 0. The van der Waals surface area contributed by atoms with Gasteiger partial charge in [0.2, 0.25) is 0 Å². The summed E-state index contributed by atoms with van der Waals surface area (Å²) in [4.78, 5) is 0. The van der Waals surface area contributed by atoms with Crippen LogP contribution in [0.1, 0.15) is 39.8 Å². The highest BCUT2D eigenvalue weighted by Gasteiger charge is 2.53. The van der Waals surface area contributed by atoms with E-state index in [1.54, 1.807) is 0 Å². The third-order valence-corrected chi connectivity index (χ3v) is 12.0. The van der Waals surface area contributed by atoms with Crippen molar-refractivity contribution < 1.29 is 47.7 Å². The largest absolute Gasteiger partial charge is 0.387 e. The highest BCUT2D eigenvalue weighted by Crippen LogP contribution is 2.36. The number of ether oxygens (including phenoxy) is 9. The lowest BCUT2D eigenvalue weighted by Gasteiger charge is -2.50. The van der Waals surface area contributed by atoms with E-state index in [4.69, 9.17) is 42.6 Å². The minimum absolute atomic E-state index is 0.0511. The molecule has 0 bridgehead atoms. The van der Waals surface area contributed by atoms with Crippen molar-refractivity contribution in [2.45, 2.75) is 107 Å². The molecule has 67 heavy (non-hydrogen) atoms. The van der Waals surface area contributed by atoms with Crippen LogP contribution in [0.25, 0.3) is 0 Å². The zero-order valence-electron chi connectivity index (χ0n) is 37.9. The first-order valence-electron chi connectivity index (χ1n) is 23.2. The first kappa shape index (κ1) is 48.1. The van der Waals surface area contributed by atoms with E-state index in [0.29, 0.717) is 26.2 Å². The minimum atomic E-state index is -1.16. The van der Waals surface area contributed by atoms with Crippen molar-refractivity contribution in [3.63, 3.8) is 0 Å². The Morgan fingerprint density at radius 3 is 1.16 bits per heavy atom. The lowest BCUT2D eigenvalue weighted by molar-refractivity contribution is -0.359. The van der Waals surface area contributed by atoms with Gasteiger partial charge in [-0.25, -0.2) is 0 Å². The minimum Gasteiger partial charge on any atom is -0.387 e. The van der Waals surface area contributed by atoms with Crippen LogP contribution in [0.3, 0.4) is 0 Å². The molecule has 0 aliphatic carbocycles. The van der Waals surface area contributed by atoms with E-state index in [1.807, 2.05) is 188 Å². The zero-order chi connectivity index (χ0) is 45.9. The molecule has 10 nitrogen and oxygen atoms in total. The van der Waals surface area contributed by atoms with E-state index in [2.05, 4.69) is 6.58 Å². The van der Waals surface area contributed by atoms with Crippen molar-refractivity contribution >= 4 is 0 Å². The number of benzene rings is 6. The fourth-order valence-corrected chi connectivity index (χ4v) is 8.50. The lowest BCUT2D eigenvalue weighted by Crippen LogP contribution is -2.66. The first-order chi connectivity index (χ1) is 33.1. The molecule has 0 aromatic heterocycles. The van der Waals surface area contributed by atoms with Gasteiger partial charge in [-0.3, -0.25) is 0 Å². The fraction of sp³-hybridized carbons (Fsp3) is 0.333. The average Bonchev–Trinajstić information content (AvgIpc) is 3.38. The van der Waals surface area contributed by atoms with Gasteiger partial charge < -0.3 is 47.7 Å². The first-order valence-corrected chi connectivity index (χ1v) is 23.2. The van der Waals surface area contributed by atoms with Gasteiger partial charge in [-0.15, -0.1) is 6.58 Å². The summed E-state index contributed by atoms with van der Waals surface area (Å²) in [5, 5.41) is 12.3. The molecule has 2 heterocycles. The average molecular weight is 907 g/mol. The number of aliphatic hydroxyl groups excluding tert-OH is 1. The summed E-state index contributed by atoms with van der Waals surface area (Å²) in [5.41, 5.74) is 5.88. The van der Waals surface area contributed by atoms with Crippen molar-refractivity contribution in [1.82, 2.24) is 0 Å². The van der Waals surface area contributed by atoms with E-state index >= 15 is 0 Å². The Labute approximate surface area is 394 Å². The van der Waals surface area contributed by atoms with E-state index in [-0.39, 0.29) is 33.0 Å². The van der Waals surface area contributed by atoms with Crippen LogP contribution in [-0.4, -0.2) is 79.5 Å². The third-order valence-electron chi connectivity index (χ3n) is 12.0. The number of hydrogen-bond acceptors (Lipinski definition) is 10. The molecule has 2 saturated heterocycles. The molecule has 2 aliphatic heterocycles. The van der Waals surface area contributed by atoms with Gasteiger partial charge in [-0.05, 0) is 39.8 Å². The standard InChI is InChI=1S/C57H62O10/c1-2-21-48-52(61-36-44-26-13-5-14-27-44)55(63-38-46-30-17-7-18-31-46)53(50(65-48)41-60-35-43-24-11-4-12-25-43)67-57-56(64-39-47-32-19-8-20-33-47)54(62-37-45-28-15-6-16-29-45)51(58)49(66-57)40-59-34-42-22-9-3-10-23-42/h2-20,22-33,48-58H,1,21,34-41H2/t48-,49+,50+,51-,52-,53+,54-,55+,56+,57-/m0/s1. The number of rotatable bonds is 24. The van der Waals surface area contributed by atoms with Crippen LogP contribution < -0.4 is 0 Å². The second-order valence-corrected chi connectivity index (χ2v) is 16.9. The predicted octanol–water partition coefficient (Wildman–Crippen LogP) is 9.58. The van der Waals surface area contributed by atoms with Gasteiger partial charge in [0.1, 0.15) is 48.8 Å². The lowest BCUT2D eigenvalue weighted by atomic mass is 9.92. The Balaban J connectivity index is 1.16. The van der Waals surface area contributed by atoms with E-state index < -0.39 is 61.2 Å². The second-order valence-electron chi connectivity index (χ2n) is 16.9. The third kappa shape index (κ3) is 14.1. The Morgan fingerprint density at radius 1 is 0.388 bits per heavy atom. The molecular weight excluding hydrogens is 845 g/mol. The predicted molar refractivity (Wildman–Crippen MR) is 255 cm³/mol. The monoisotopic (exact) mass is 906 g/mol. The molecule has 6 aromatic rings. The Kier molecular flexibility index (Phi) is 18.5. The molecule has 6 aromatic carbocycles. The Bertz CT molecular complexity index is 2270. The molecule has 2 fully saturated rings. The maximum absolute atomic E-state index is 12.3. The van der Waals surface area contributed by atoms with Crippen LogP contribution in [-0.2, 0) is 82.3 Å². The molecule has 0 saturated carbocycles. The van der Waals surface area contributed by atoms with Gasteiger partial charge in [0.25, 0.3) is 0 Å². The van der Waals surface area contributed by atoms with Gasteiger partial charge in [-0.2, -0.15) is 0 Å². The number of hydrogen-bond donors (Lipinski definition) is 1. The van der Waals surface area contributed by atoms with Crippen LogP contribution in [0.5, 0.6) is 0 Å². The summed E-state index contributed by atoms with van der Waals surface area (Å²) in [5.74, 6) is 0. The van der Waals surface area contributed by atoms with E-state index in [1.165, 1.54) is 0 Å². The van der Waals surface area contributed by atoms with Crippen molar-refractivity contribution in [1.29, 1.82) is 0 Å². The summed E-state index contributed by atoms with van der Waals surface area (Å²) in [7, 11) is 0. The van der Waals surface area contributed by atoms with Crippen molar-refractivity contribution in [2.24, 2.45) is 0 Å². The Hall–Kier alpha value is -5.34. The summed E-state index contributed by atoms with van der Waals surface area (Å²) < 4.78 is 61.4. The molecule has 10 atom stereocenters. The quantitative estimate of drug-likeness (QED) is 0.0591. The molecule has 0 unspecified atom stereocenters. The van der Waals surface area contributed by atoms with Gasteiger partial charge >= 0.3 is 0 Å². The summed E-state index contributed by atoms with van der Waals surface area (Å²) in [6.45, 7) is 5.97. The summed E-state index contributed by atoms with van der Waals surface area (Å²) in [6.07, 6.45) is -5.97. The molecule has 0 spiro atoms. The van der Waals surface area contributed by atoms with Crippen LogP contribution in [0.4, 0.5) is 0 Å². The maximum Gasteiger partial charge on any atom is 0.187 e. The fourth-order valence-electron chi connectivity index (χ4n) is 8.50. The van der Waals surface area contributed by atoms with Crippen molar-refractivity contribution in [3.05, 3.63) is 228 Å². The van der Waals surface area contributed by atoms with Gasteiger partial charge in [0, 0.05) is 0 Å². The van der Waals surface area contributed by atoms with Crippen LogP contribution >= 0.6 is 0 Å². The number of aliphatic hydroxyl groups is 1. The van der Waals surface area contributed by atoms with Crippen LogP contribution in [0.15, 0.2) is 195 Å². The molecular formula is C57H62O10. The van der Waals surface area contributed by atoms with E-state index in [0.717, 1.165) is 33.4 Å². The zero-order valence-corrected chi connectivity index (χ0v) is 37.9. The topological polar surface area (TPSA) is 103 Å². The molecule has 8 rings (SSSR count).